The number of nitrogens with one attached hydrogen (secondary N) is 1. The maximum atomic E-state index is 4.82. The van der Waals surface area contributed by atoms with E-state index in [2.05, 4.69) is 33.2 Å². The van der Waals surface area contributed by atoms with Gasteiger partial charge in [-0.05, 0) is 19.8 Å². The molecule has 0 unspecified atom stereocenters. The van der Waals surface area contributed by atoms with Crippen molar-refractivity contribution in [1.82, 2.24) is 5.48 Å². The lowest BCUT2D eigenvalue weighted by Crippen LogP contribution is -2.43. The van der Waals surface area contributed by atoms with Crippen LogP contribution in [0.3, 0.4) is 0 Å². The monoisotopic (exact) mass is 131 g/mol. The molecule has 0 aromatic rings. The second-order valence-corrected chi connectivity index (χ2v) is 3.18. The van der Waals surface area contributed by atoms with Crippen LogP contribution in [0.5, 0.6) is 0 Å². The van der Waals surface area contributed by atoms with E-state index in [1.165, 1.54) is 0 Å². The minimum Gasteiger partial charge on any atom is -0.305 e. The Morgan fingerprint density at radius 3 is 1.89 bits per heavy atom. The number of rotatable bonds is 3. The number of hydrogen-bond acceptors (Lipinski definition) is 2. The third-order valence-corrected chi connectivity index (χ3v) is 1.81. The summed E-state index contributed by atoms with van der Waals surface area (Å²) in [4.78, 5) is 4.82. The third-order valence-electron chi connectivity index (χ3n) is 1.81. The van der Waals surface area contributed by atoms with Crippen molar-refractivity contribution in [2.75, 3.05) is 7.11 Å². The number of hydroxylamine groups is 1. The molecule has 0 aliphatic heterocycles. The predicted octanol–water partition coefficient (Wildman–Crippen LogP) is 1.57. The summed E-state index contributed by atoms with van der Waals surface area (Å²) in [6.45, 7) is 8.54. The molecule has 0 radical (unpaired) electrons. The van der Waals surface area contributed by atoms with Gasteiger partial charge in [0.05, 0.1) is 7.11 Å². The van der Waals surface area contributed by atoms with Crippen molar-refractivity contribution in [2.24, 2.45) is 5.92 Å². The summed E-state index contributed by atoms with van der Waals surface area (Å²) in [5, 5.41) is 0. The fraction of sp³-hybridized carbons (Fsp3) is 1.00. The van der Waals surface area contributed by atoms with Crippen molar-refractivity contribution in [3.63, 3.8) is 0 Å². The fourth-order valence-corrected chi connectivity index (χ4v) is 0.381. The molecule has 2 heteroatoms. The van der Waals surface area contributed by atoms with Crippen molar-refractivity contribution in [3.05, 3.63) is 0 Å². The lowest BCUT2D eigenvalue weighted by molar-refractivity contribution is 0.00784. The fourth-order valence-electron chi connectivity index (χ4n) is 0.381. The summed E-state index contributed by atoms with van der Waals surface area (Å²) < 4.78 is 0. The van der Waals surface area contributed by atoms with Gasteiger partial charge in [0.2, 0.25) is 0 Å². The van der Waals surface area contributed by atoms with E-state index in [1.807, 2.05) is 0 Å². The molecular formula is C7H17NO. The normalized spacial score (nSPS) is 12.7. The Bertz CT molecular complexity index is 79.0. The molecule has 0 aliphatic carbocycles. The second-order valence-electron chi connectivity index (χ2n) is 3.18. The van der Waals surface area contributed by atoms with Crippen LogP contribution in [0.15, 0.2) is 0 Å². The van der Waals surface area contributed by atoms with Crippen LogP contribution >= 0.6 is 0 Å². The van der Waals surface area contributed by atoms with Gasteiger partial charge >= 0.3 is 0 Å². The summed E-state index contributed by atoms with van der Waals surface area (Å²) in [5.74, 6) is 0.581. The zero-order valence-corrected chi connectivity index (χ0v) is 6.99. The van der Waals surface area contributed by atoms with Gasteiger partial charge in [0, 0.05) is 5.54 Å². The molecule has 1 N–H and O–H groups in total. The standard InChI is InChI=1S/C7H17NO/c1-6(2)7(3,4)8-9-5/h6,8H,1-5H3. The lowest BCUT2D eigenvalue weighted by atomic mass is 9.92. The Labute approximate surface area is 57.5 Å². The van der Waals surface area contributed by atoms with Gasteiger partial charge in [-0.3, -0.25) is 0 Å². The van der Waals surface area contributed by atoms with E-state index in [9.17, 15) is 0 Å². The highest BCUT2D eigenvalue weighted by molar-refractivity contribution is 4.76. The van der Waals surface area contributed by atoms with Crippen LogP contribution in [-0.2, 0) is 4.84 Å². The molecule has 2 nitrogen and oxygen atoms in total. The summed E-state index contributed by atoms with van der Waals surface area (Å²) in [6, 6.07) is 0. The van der Waals surface area contributed by atoms with Gasteiger partial charge in [-0.15, -0.1) is 0 Å². The summed E-state index contributed by atoms with van der Waals surface area (Å²) in [6.07, 6.45) is 0. The van der Waals surface area contributed by atoms with E-state index in [4.69, 9.17) is 4.84 Å². The average molecular weight is 131 g/mol. The molecule has 0 bridgehead atoms. The van der Waals surface area contributed by atoms with E-state index in [1.54, 1.807) is 7.11 Å². The topological polar surface area (TPSA) is 21.3 Å². The zero-order chi connectivity index (χ0) is 7.49. The highest BCUT2D eigenvalue weighted by Gasteiger charge is 2.20. The van der Waals surface area contributed by atoms with E-state index in [0.717, 1.165) is 0 Å². The molecule has 0 aromatic carbocycles. The first kappa shape index (κ1) is 8.92. The van der Waals surface area contributed by atoms with Crippen molar-refractivity contribution in [1.29, 1.82) is 0 Å². The molecule has 0 aromatic heterocycles. The molecule has 0 aliphatic rings. The van der Waals surface area contributed by atoms with Crippen LogP contribution in [-0.4, -0.2) is 12.6 Å². The Kier molecular flexibility index (Phi) is 3.15. The molecule has 0 atom stereocenters. The van der Waals surface area contributed by atoms with Gasteiger partial charge in [0.25, 0.3) is 0 Å². The molecule has 0 saturated heterocycles. The highest BCUT2D eigenvalue weighted by Crippen LogP contribution is 2.13. The smallest absolute Gasteiger partial charge is 0.0572 e. The van der Waals surface area contributed by atoms with Gasteiger partial charge in [-0.25, -0.2) is 0 Å². The molecule has 0 saturated carbocycles. The van der Waals surface area contributed by atoms with Crippen LogP contribution in [0, 0.1) is 5.92 Å². The largest absolute Gasteiger partial charge is 0.305 e. The maximum absolute atomic E-state index is 4.82. The molecule has 0 rings (SSSR count). The van der Waals surface area contributed by atoms with Crippen molar-refractivity contribution < 1.29 is 4.84 Å². The van der Waals surface area contributed by atoms with Gasteiger partial charge in [0.15, 0.2) is 0 Å². The van der Waals surface area contributed by atoms with E-state index >= 15 is 0 Å². The maximum Gasteiger partial charge on any atom is 0.0572 e. The average Bonchev–Trinajstić information content (AvgIpc) is 1.65. The van der Waals surface area contributed by atoms with Gasteiger partial charge in [0.1, 0.15) is 0 Å². The van der Waals surface area contributed by atoms with E-state index in [0.29, 0.717) is 5.92 Å². The molecule has 0 heterocycles. The summed E-state index contributed by atoms with van der Waals surface area (Å²) >= 11 is 0. The molecule has 9 heavy (non-hydrogen) atoms. The molecule has 0 fully saturated rings. The van der Waals surface area contributed by atoms with Crippen LogP contribution in [0.4, 0.5) is 0 Å². The molecular weight excluding hydrogens is 114 g/mol. The van der Waals surface area contributed by atoms with E-state index < -0.39 is 0 Å². The Balaban J connectivity index is 3.70. The van der Waals surface area contributed by atoms with Crippen molar-refractivity contribution in [2.45, 2.75) is 33.2 Å². The molecule has 0 amide bonds. The molecule has 56 valence electrons. The van der Waals surface area contributed by atoms with Gasteiger partial charge < -0.3 is 4.84 Å². The van der Waals surface area contributed by atoms with E-state index in [-0.39, 0.29) is 5.54 Å². The summed E-state index contributed by atoms with van der Waals surface area (Å²) in [7, 11) is 1.64. The van der Waals surface area contributed by atoms with Gasteiger partial charge in [-0.2, -0.15) is 5.48 Å². The van der Waals surface area contributed by atoms with Gasteiger partial charge in [-0.1, -0.05) is 13.8 Å². The quantitative estimate of drug-likeness (QED) is 0.587. The van der Waals surface area contributed by atoms with Crippen LogP contribution in [0.25, 0.3) is 0 Å². The minimum atomic E-state index is 0.0781. The second kappa shape index (κ2) is 3.18. The predicted molar refractivity (Wildman–Crippen MR) is 39.1 cm³/mol. The Morgan fingerprint density at radius 1 is 1.33 bits per heavy atom. The van der Waals surface area contributed by atoms with Crippen LogP contribution in [0.1, 0.15) is 27.7 Å². The first-order valence-corrected chi connectivity index (χ1v) is 3.31. The summed E-state index contributed by atoms with van der Waals surface area (Å²) in [5.41, 5.74) is 3.00. The molecule has 0 spiro atoms. The zero-order valence-electron chi connectivity index (χ0n) is 6.99. The first-order valence-electron chi connectivity index (χ1n) is 3.31. The minimum absolute atomic E-state index is 0.0781. The Hall–Kier alpha value is -0.0800. The SMILES string of the molecule is CONC(C)(C)C(C)C. The lowest BCUT2D eigenvalue weighted by Gasteiger charge is -2.28. The Morgan fingerprint density at radius 2 is 1.78 bits per heavy atom. The van der Waals surface area contributed by atoms with Crippen LogP contribution in [0.2, 0.25) is 0 Å². The van der Waals surface area contributed by atoms with Crippen molar-refractivity contribution >= 4 is 0 Å². The number of hydrogen-bond donors (Lipinski definition) is 1. The highest BCUT2D eigenvalue weighted by atomic mass is 16.6. The first-order chi connectivity index (χ1) is 4.00. The van der Waals surface area contributed by atoms with Crippen molar-refractivity contribution in [3.8, 4) is 0 Å². The third kappa shape index (κ3) is 2.82. The van der Waals surface area contributed by atoms with Crippen LogP contribution < -0.4 is 5.48 Å².